The summed E-state index contributed by atoms with van der Waals surface area (Å²) < 4.78 is 5.17. The predicted molar refractivity (Wildman–Crippen MR) is 104 cm³/mol. The largest absolute Gasteiger partial charge is 0.497 e. The van der Waals surface area contributed by atoms with Crippen LogP contribution >= 0.6 is 0 Å². The number of fused-ring (bicyclic) bond motifs is 4. The first-order valence-electron chi connectivity index (χ1n) is 9.72. The van der Waals surface area contributed by atoms with Crippen LogP contribution in [0.5, 0.6) is 5.75 Å². The molecule has 2 fully saturated rings. The van der Waals surface area contributed by atoms with Gasteiger partial charge in [0.25, 0.3) is 5.91 Å². The zero-order chi connectivity index (χ0) is 20.3. The third kappa shape index (κ3) is 2.31. The minimum atomic E-state index is -1.08. The first-order valence-corrected chi connectivity index (χ1v) is 9.72. The Kier molecular flexibility index (Phi) is 3.79. The number of rotatable bonds is 3. The number of amides is 3. The van der Waals surface area contributed by atoms with Crippen LogP contribution in [0.1, 0.15) is 18.1 Å². The number of quaternary nitrogens is 1. The van der Waals surface area contributed by atoms with E-state index in [2.05, 4.69) is 5.32 Å². The molecular weight excluding hydrogens is 370 g/mol. The van der Waals surface area contributed by atoms with Crippen LogP contribution < -0.4 is 15.4 Å². The lowest BCUT2D eigenvalue weighted by Gasteiger charge is -2.25. The van der Waals surface area contributed by atoms with Crippen LogP contribution in [0.15, 0.2) is 48.5 Å². The number of nitrogens with zero attached hydrogens (tertiary/aromatic N) is 1. The third-order valence-electron chi connectivity index (χ3n) is 6.52. The van der Waals surface area contributed by atoms with Gasteiger partial charge in [0.1, 0.15) is 17.6 Å². The van der Waals surface area contributed by atoms with Gasteiger partial charge < -0.3 is 15.4 Å². The number of carbonyl (C=O) groups is 3. The van der Waals surface area contributed by atoms with E-state index in [0.717, 1.165) is 16.8 Å². The number of para-hydroxylation sites is 1. The van der Waals surface area contributed by atoms with E-state index in [4.69, 9.17) is 4.74 Å². The van der Waals surface area contributed by atoms with E-state index in [1.807, 2.05) is 48.6 Å². The number of benzene rings is 2. The first kappa shape index (κ1) is 17.9. The molecule has 7 heteroatoms. The van der Waals surface area contributed by atoms with E-state index in [-0.39, 0.29) is 30.3 Å². The second-order valence-corrected chi connectivity index (χ2v) is 8.01. The third-order valence-corrected chi connectivity index (χ3v) is 6.52. The number of nitrogens with two attached hydrogens (primary N) is 1. The lowest BCUT2D eigenvalue weighted by Crippen LogP contribution is -2.98. The maximum absolute atomic E-state index is 13.5. The van der Waals surface area contributed by atoms with Crippen LogP contribution in [-0.4, -0.2) is 35.8 Å². The molecule has 0 radical (unpaired) electrons. The molecule has 3 aliphatic rings. The van der Waals surface area contributed by atoms with Crippen molar-refractivity contribution < 1.29 is 24.4 Å². The number of imide groups is 1. The summed E-state index contributed by atoms with van der Waals surface area (Å²) in [6.45, 7) is 2.11. The van der Waals surface area contributed by atoms with E-state index in [1.54, 1.807) is 19.2 Å². The monoisotopic (exact) mass is 392 g/mol. The van der Waals surface area contributed by atoms with Crippen molar-refractivity contribution in [1.82, 2.24) is 4.90 Å². The van der Waals surface area contributed by atoms with Crippen LogP contribution in [0.4, 0.5) is 5.69 Å². The number of anilines is 1. The number of carbonyl (C=O) groups excluding carboxylic acids is 3. The van der Waals surface area contributed by atoms with Gasteiger partial charge in [-0.05, 0) is 30.7 Å². The van der Waals surface area contributed by atoms with E-state index in [0.29, 0.717) is 5.75 Å². The molecule has 0 bridgehead atoms. The van der Waals surface area contributed by atoms with Crippen molar-refractivity contribution >= 4 is 23.4 Å². The second-order valence-electron chi connectivity index (χ2n) is 8.01. The molecule has 1 spiro atoms. The van der Waals surface area contributed by atoms with Crippen LogP contribution in [-0.2, 0) is 26.5 Å². The summed E-state index contributed by atoms with van der Waals surface area (Å²) >= 11 is 0. The molecule has 3 N–H and O–H groups in total. The summed E-state index contributed by atoms with van der Waals surface area (Å²) in [6.07, 6.45) is 0. The second kappa shape index (κ2) is 6.15. The highest BCUT2D eigenvalue weighted by Crippen LogP contribution is 2.49. The molecule has 5 rings (SSSR count). The number of hydrogen-bond acceptors (Lipinski definition) is 4. The molecule has 3 aliphatic heterocycles. The van der Waals surface area contributed by atoms with E-state index in [1.165, 1.54) is 4.90 Å². The average Bonchev–Trinajstić information content (AvgIpc) is 3.28. The van der Waals surface area contributed by atoms with Gasteiger partial charge in [0.15, 0.2) is 0 Å². The number of methoxy groups -OCH3 is 1. The number of ether oxygens (including phenoxy) is 1. The zero-order valence-electron chi connectivity index (χ0n) is 16.2. The molecule has 2 aromatic carbocycles. The molecule has 2 saturated heterocycles. The van der Waals surface area contributed by atoms with Gasteiger partial charge in [-0.2, -0.15) is 0 Å². The quantitative estimate of drug-likeness (QED) is 0.749. The van der Waals surface area contributed by atoms with Crippen LogP contribution in [0, 0.1) is 11.8 Å². The highest BCUT2D eigenvalue weighted by atomic mass is 16.5. The highest BCUT2D eigenvalue weighted by Gasteiger charge is 2.73. The number of likely N-dealkylation sites (tertiary alicyclic amines) is 1. The van der Waals surface area contributed by atoms with Gasteiger partial charge in [-0.25, -0.2) is 0 Å². The van der Waals surface area contributed by atoms with Crippen LogP contribution in [0.2, 0.25) is 0 Å². The smallest absolute Gasteiger partial charge is 0.291 e. The molecule has 29 heavy (non-hydrogen) atoms. The summed E-state index contributed by atoms with van der Waals surface area (Å²) in [5.74, 6) is -1.20. The maximum atomic E-state index is 13.5. The average molecular weight is 392 g/mol. The predicted octanol–water partition coefficient (Wildman–Crippen LogP) is 0.610. The lowest BCUT2D eigenvalue weighted by molar-refractivity contribution is -0.730. The van der Waals surface area contributed by atoms with Crippen molar-refractivity contribution in [3.63, 3.8) is 0 Å². The molecule has 0 saturated carbocycles. The molecule has 2 aromatic rings. The van der Waals surface area contributed by atoms with E-state index < -0.39 is 17.4 Å². The van der Waals surface area contributed by atoms with Crippen molar-refractivity contribution in [2.24, 2.45) is 11.8 Å². The van der Waals surface area contributed by atoms with E-state index >= 15 is 0 Å². The fourth-order valence-electron chi connectivity index (χ4n) is 5.23. The standard InChI is InChI=1S/C22H21N3O4/c1-12-17-18(22(24-12)15-5-3-4-6-16(15)23-21(22)28)20(27)25(19(17)26)11-13-7-9-14(29-2)10-8-13/h3-10,12,17-18,24H,11H2,1-2H3,(H,23,28)/p+1/t12-,17-,18+,22-/m1/s1. The summed E-state index contributed by atoms with van der Waals surface area (Å²) in [7, 11) is 1.59. The Hall–Kier alpha value is -3.19. The van der Waals surface area contributed by atoms with Gasteiger partial charge in [0.05, 0.1) is 25.4 Å². The summed E-state index contributed by atoms with van der Waals surface area (Å²) in [4.78, 5) is 41.1. The van der Waals surface area contributed by atoms with Crippen LogP contribution in [0.3, 0.4) is 0 Å². The summed E-state index contributed by atoms with van der Waals surface area (Å²) in [5.41, 5.74) is 1.27. The van der Waals surface area contributed by atoms with Gasteiger partial charge >= 0.3 is 0 Å². The first-order chi connectivity index (χ1) is 14.0. The van der Waals surface area contributed by atoms with Gasteiger partial charge in [0, 0.05) is 5.56 Å². The molecule has 148 valence electrons. The Morgan fingerprint density at radius 2 is 1.79 bits per heavy atom. The topological polar surface area (TPSA) is 92.3 Å². The molecule has 3 amide bonds. The Labute approximate surface area is 168 Å². The highest BCUT2D eigenvalue weighted by molar-refractivity contribution is 6.13. The Morgan fingerprint density at radius 1 is 1.07 bits per heavy atom. The summed E-state index contributed by atoms with van der Waals surface area (Å²) in [5, 5.41) is 4.82. The van der Waals surface area contributed by atoms with Crippen molar-refractivity contribution in [3.8, 4) is 5.75 Å². The van der Waals surface area contributed by atoms with Crippen molar-refractivity contribution in [2.75, 3.05) is 12.4 Å². The SMILES string of the molecule is COc1ccc(CN2C(=O)[C@H]3[C@@H](C2=O)[C@@]2([NH2+][C@@H]3C)C(=O)Nc3ccccc32)cc1. The summed E-state index contributed by atoms with van der Waals surface area (Å²) in [6, 6.07) is 14.6. The Morgan fingerprint density at radius 3 is 2.52 bits per heavy atom. The molecule has 0 aromatic heterocycles. The number of hydrogen-bond donors (Lipinski definition) is 2. The molecule has 7 nitrogen and oxygen atoms in total. The molecule has 3 heterocycles. The molecular formula is C22H22N3O4+. The normalized spacial score (nSPS) is 29.9. The molecule has 0 unspecified atom stereocenters. The van der Waals surface area contributed by atoms with Gasteiger partial charge in [-0.3, -0.25) is 19.3 Å². The Bertz CT molecular complexity index is 1030. The van der Waals surface area contributed by atoms with Crippen LogP contribution in [0.25, 0.3) is 0 Å². The van der Waals surface area contributed by atoms with Gasteiger partial charge in [-0.15, -0.1) is 0 Å². The fraction of sp³-hybridized carbons (Fsp3) is 0.318. The maximum Gasteiger partial charge on any atom is 0.291 e. The fourth-order valence-corrected chi connectivity index (χ4v) is 5.23. The lowest BCUT2D eigenvalue weighted by atomic mass is 9.76. The molecule has 4 atom stereocenters. The number of nitrogens with one attached hydrogen (secondary N) is 1. The van der Waals surface area contributed by atoms with Gasteiger partial charge in [0.2, 0.25) is 17.4 Å². The van der Waals surface area contributed by atoms with Gasteiger partial charge in [-0.1, -0.05) is 30.3 Å². The minimum absolute atomic E-state index is 0.172. The van der Waals surface area contributed by atoms with E-state index in [9.17, 15) is 14.4 Å². The zero-order valence-corrected chi connectivity index (χ0v) is 16.2. The van der Waals surface area contributed by atoms with Crippen molar-refractivity contribution in [2.45, 2.75) is 25.0 Å². The molecule has 0 aliphatic carbocycles. The minimum Gasteiger partial charge on any atom is -0.497 e. The van der Waals surface area contributed by atoms with Crippen molar-refractivity contribution in [3.05, 3.63) is 59.7 Å². The Balaban J connectivity index is 1.53. The van der Waals surface area contributed by atoms with Crippen molar-refractivity contribution in [1.29, 1.82) is 0 Å².